The molecule has 0 aliphatic carbocycles. The Kier molecular flexibility index (Phi) is 6.10. The maximum absolute atomic E-state index is 11.9. The third-order valence-electron chi connectivity index (χ3n) is 2.95. The molecule has 1 heterocycles. The molecule has 5 nitrogen and oxygen atoms in total. The highest BCUT2D eigenvalue weighted by molar-refractivity contribution is 7.15. The molecule has 2 rings (SSSR count). The van der Waals surface area contributed by atoms with Crippen molar-refractivity contribution in [2.45, 2.75) is 40.0 Å². The first-order valence-corrected chi connectivity index (χ1v) is 8.54. The van der Waals surface area contributed by atoms with Crippen LogP contribution in [-0.2, 0) is 11.2 Å². The van der Waals surface area contributed by atoms with E-state index in [2.05, 4.69) is 36.3 Å². The molecular formula is C17H23N3O2S. The van der Waals surface area contributed by atoms with E-state index in [1.165, 1.54) is 11.3 Å². The van der Waals surface area contributed by atoms with Gasteiger partial charge in [-0.3, -0.25) is 4.79 Å². The second-order valence-corrected chi connectivity index (χ2v) is 7.61. The van der Waals surface area contributed by atoms with Crippen LogP contribution in [0.5, 0.6) is 5.75 Å². The standard InChI is InChI=1S/C17H23N3O2S/c1-17(2,3)12-15-19-20-16(23-15)18-14(21)10-7-11-22-13-8-5-4-6-9-13/h4-6,8-9H,7,10-12H2,1-3H3,(H,18,20,21). The summed E-state index contributed by atoms with van der Waals surface area (Å²) in [5.74, 6) is 0.768. The van der Waals surface area contributed by atoms with Crippen molar-refractivity contribution in [3.63, 3.8) is 0 Å². The summed E-state index contributed by atoms with van der Waals surface area (Å²) in [4.78, 5) is 11.9. The van der Waals surface area contributed by atoms with Crippen LogP contribution in [0.1, 0.15) is 38.6 Å². The minimum Gasteiger partial charge on any atom is -0.494 e. The molecular weight excluding hydrogens is 310 g/mol. The maximum atomic E-state index is 11.9. The van der Waals surface area contributed by atoms with E-state index in [0.717, 1.165) is 17.2 Å². The van der Waals surface area contributed by atoms with Crippen LogP contribution in [0, 0.1) is 5.41 Å². The van der Waals surface area contributed by atoms with Crippen molar-refractivity contribution in [2.24, 2.45) is 5.41 Å². The summed E-state index contributed by atoms with van der Waals surface area (Å²) in [5, 5.41) is 12.5. The van der Waals surface area contributed by atoms with Crippen molar-refractivity contribution >= 4 is 22.4 Å². The first-order valence-electron chi connectivity index (χ1n) is 7.72. The van der Waals surface area contributed by atoms with Crippen molar-refractivity contribution in [1.82, 2.24) is 10.2 Å². The fourth-order valence-electron chi connectivity index (χ4n) is 1.95. The van der Waals surface area contributed by atoms with E-state index in [9.17, 15) is 4.79 Å². The van der Waals surface area contributed by atoms with Gasteiger partial charge in [0, 0.05) is 12.8 Å². The van der Waals surface area contributed by atoms with E-state index in [1.54, 1.807) is 0 Å². The van der Waals surface area contributed by atoms with Crippen molar-refractivity contribution < 1.29 is 9.53 Å². The van der Waals surface area contributed by atoms with Crippen LogP contribution in [-0.4, -0.2) is 22.7 Å². The Balaban J connectivity index is 1.68. The summed E-state index contributed by atoms with van der Waals surface area (Å²) in [6, 6.07) is 9.59. The molecule has 0 bridgehead atoms. The molecule has 1 amide bonds. The summed E-state index contributed by atoms with van der Waals surface area (Å²) in [6.45, 7) is 6.97. The molecule has 124 valence electrons. The van der Waals surface area contributed by atoms with Crippen molar-refractivity contribution in [1.29, 1.82) is 0 Å². The maximum Gasteiger partial charge on any atom is 0.226 e. The van der Waals surface area contributed by atoms with E-state index >= 15 is 0 Å². The Bertz CT molecular complexity index is 620. The van der Waals surface area contributed by atoms with Gasteiger partial charge < -0.3 is 10.1 Å². The lowest BCUT2D eigenvalue weighted by molar-refractivity contribution is -0.116. The average molecular weight is 333 g/mol. The third kappa shape index (κ3) is 6.78. The molecule has 0 radical (unpaired) electrons. The topological polar surface area (TPSA) is 64.1 Å². The van der Waals surface area contributed by atoms with Crippen LogP contribution in [0.2, 0.25) is 0 Å². The van der Waals surface area contributed by atoms with Crippen LogP contribution in [0.3, 0.4) is 0 Å². The van der Waals surface area contributed by atoms with Crippen LogP contribution in [0.4, 0.5) is 5.13 Å². The number of nitrogens with zero attached hydrogens (tertiary/aromatic N) is 2. The molecule has 0 atom stereocenters. The number of carbonyl (C=O) groups excluding carboxylic acids is 1. The molecule has 0 saturated carbocycles. The zero-order valence-corrected chi connectivity index (χ0v) is 14.7. The fourth-order valence-corrected chi connectivity index (χ4v) is 3.01. The highest BCUT2D eigenvalue weighted by Crippen LogP contribution is 2.24. The van der Waals surface area contributed by atoms with Crippen LogP contribution in [0.25, 0.3) is 0 Å². The number of benzene rings is 1. The number of carbonyl (C=O) groups is 1. The molecule has 0 unspecified atom stereocenters. The number of anilines is 1. The van der Waals surface area contributed by atoms with Gasteiger partial charge in [0.15, 0.2) is 0 Å². The molecule has 6 heteroatoms. The Morgan fingerprint density at radius 2 is 1.96 bits per heavy atom. The van der Waals surface area contributed by atoms with Gasteiger partial charge in [-0.2, -0.15) is 0 Å². The van der Waals surface area contributed by atoms with Gasteiger partial charge in [0.2, 0.25) is 11.0 Å². The molecule has 0 saturated heterocycles. The molecule has 0 spiro atoms. The summed E-state index contributed by atoms with van der Waals surface area (Å²) in [5.41, 5.74) is 0.162. The molecule has 23 heavy (non-hydrogen) atoms. The lowest BCUT2D eigenvalue weighted by Gasteiger charge is -2.14. The summed E-state index contributed by atoms with van der Waals surface area (Å²) in [7, 11) is 0. The van der Waals surface area contributed by atoms with Gasteiger partial charge in [-0.1, -0.05) is 50.3 Å². The van der Waals surface area contributed by atoms with Crippen molar-refractivity contribution in [3.05, 3.63) is 35.3 Å². The minimum atomic E-state index is -0.0554. The third-order valence-corrected chi connectivity index (χ3v) is 3.79. The number of aromatic nitrogens is 2. The van der Waals surface area contributed by atoms with Crippen molar-refractivity contribution in [3.8, 4) is 5.75 Å². The zero-order chi connectivity index (χ0) is 16.7. The smallest absolute Gasteiger partial charge is 0.226 e. The fraction of sp³-hybridized carbons (Fsp3) is 0.471. The van der Waals surface area contributed by atoms with E-state index in [0.29, 0.717) is 24.6 Å². The van der Waals surface area contributed by atoms with Crippen LogP contribution < -0.4 is 10.1 Å². The number of hydrogen-bond donors (Lipinski definition) is 1. The van der Waals surface area contributed by atoms with Gasteiger partial charge in [-0.15, -0.1) is 10.2 Å². The number of ether oxygens (including phenoxy) is 1. The zero-order valence-electron chi connectivity index (χ0n) is 13.8. The van der Waals surface area contributed by atoms with Crippen LogP contribution in [0.15, 0.2) is 30.3 Å². The Morgan fingerprint density at radius 3 is 2.65 bits per heavy atom. The van der Waals surface area contributed by atoms with Gasteiger partial charge >= 0.3 is 0 Å². The Hall–Kier alpha value is -1.95. The van der Waals surface area contributed by atoms with E-state index < -0.39 is 0 Å². The number of amides is 1. The largest absolute Gasteiger partial charge is 0.494 e. The SMILES string of the molecule is CC(C)(C)Cc1nnc(NC(=O)CCCOc2ccccc2)s1. The molecule has 1 aromatic heterocycles. The Morgan fingerprint density at radius 1 is 1.22 bits per heavy atom. The average Bonchev–Trinajstić information content (AvgIpc) is 2.89. The van der Waals surface area contributed by atoms with Gasteiger partial charge in [-0.25, -0.2) is 0 Å². The predicted molar refractivity (Wildman–Crippen MR) is 92.9 cm³/mol. The highest BCUT2D eigenvalue weighted by Gasteiger charge is 2.15. The lowest BCUT2D eigenvalue weighted by atomic mass is 9.93. The molecule has 2 aromatic rings. The lowest BCUT2D eigenvalue weighted by Crippen LogP contribution is -2.12. The summed E-state index contributed by atoms with van der Waals surface area (Å²) < 4.78 is 5.56. The van der Waals surface area contributed by atoms with Crippen LogP contribution >= 0.6 is 11.3 Å². The van der Waals surface area contributed by atoms with Gasteiger partial charge in [0.1, 0.15) is 10.8 Å². The Labute approximate surface area is 141 Å². The van der Waals surface area contributed by atoms with E-state index in [1.807, 2.05) is 30.3 Å². The van der Waals surface area contributed by atoms with Crippen molar-refractivity contribution in [2.75, 3.05) is 11.9 Å². The molecule has 0 fully saturated rings. The normalized spacial score (nSPS) is 11.3. The number of hydrogen-bond acceptors (Lipinski definition) is 5. The predicted octanol–water partition coefficient (Wildman–Crippen LogP) is 3.92. The van der Waals surface area contributed by atoms with Gasteiger partial charge in [-0.05, 0) is 24.0 Å². The molecule has 1 N–H and O–H groups in total. The second-order valence-electron chi connectivity index (χ2n) is 6.55. The summed E-state index contributed by atoms with van der Waals surface area (Å²) in [6.07, 6.45) is 1.92. The number of nitrogens with one attached hydrogen (secondary N) is 1. The molecule has 1 aromatic carbocycles. The van der Waals surface area contributed by atoms with Gasteiger partial charge in [0.05, 0.1) is 6.61 Å². The highest BCUT2D eigenvalue weighted by atomic mass is 32.1. The first kappa shape index (κ1) is 17.4. The van der Waals surface area contributed by atoms with E-state index in [-0.39, 0.29) is 11.3 Å². The first-order chi connectivity index (χ1) is 10.9. The van der Waals surface area contributed by atoms with E-state index in [4.69, 9.17) is 4.74 Å². The quantitative estimate of drug-likeness (QED) is 0.780. The summed E-state index contributed by atoms with van der Waals surface area (Å²) >= 11 is 1.44. The number of para-hydroxylation sites is 1. The van der Waals surface area contributed by atoms with Gasteiger partial charge in [0.25, 0.3) is 0 Å². The molecule has 0 aliphatic rings. The molecule has 0 aliphatic heterocycles. The minimum absolute atomic E-state index is 0.0554. The number of rotatable bonds is 7. The monoisotopic (exact) mass is 333 g/mol. The second kappa shape index (κ2) is 8.06.